The van der Waals surface area contributed by atoms with Crippen LogP contribution < -0.4 is 4.74 Å². The number of halogens is 1. The standard InChI is InChI=1S/C21H33BrN2O5S/c1-15-11-24(16(2)14-25)30(26,27)21-5-4-18(22)10-19(21)29-20(15)13-23(3)12-17-6-8-28-9-7-17/h4-5,10,15-17,20,25H,6-9,11-14H2,1-3H3/t15-,16+,20-/m1/s1. The maximum absolute atomic E-state index is 13.3. The zero-order valence-electron chi connectivity index (χ0n) is 18.0. The van der Waals surface area contributed by atoms with Crippen molar-refractivity contribution in [2.45, 2.75) is 43.7 Å². The molecule has 0 aliphatic carbocycles. The predicted molar refractivity (Wildman–Crippen MR) is 119 cm³/mol. The third-order valence-corrected chi connectivity index (χ3v) is 8.54. The monoisotopic (exact) mass is 504 g/mol. The van der Waals surface area contributed by atoms with Gasteiger partial charge >= 0.3 is 0 Å². The minimum atomic E-state index is -3.78. The van der Waals surface area contributed by atoms with E-state index in [4.69, 9.17) is 9.47 Å². The van der Waals surface area contributed by atoms with Crippen LogP contribution in [-0.2, 0) is 14.8 Å². The van der Waals surface area contributed by atoms with E-state index >= 15 is 0 Å². The number of aliphatic hydroxyl groups is 1. The molecule has 1 N–H and O–H groups in total. The Morgan fingerprint density at radius 2 is 2.00 bits per heavy atom. The lowest BCUT2D eigenvalue weighted by Gasteiger charge is -2.38. The molecule has 0 spiro atoms. The Morgan fingerprint density at radius 1 is 1.30 bits per heavy atom. The zero-order valence-corrected chi connectivity index (χ0v) is 20.4. The number of hydrogen-bond acceptors (Lipinski definition) is 6. The topological polar surface area (TPSA) is 79.3 Å². The molecule has 0 amide bonds. The van der Waals surface area contributed by atoms with Gasteiger partial charge in [-0.2, -0.15) is 4.31 Å². The predicted octanol–water partition coefficient (Wildman–Crippen LogP) is 2.58. The first kappa shape index (κ1) is 23.9. The number of sulfonamides is 1. The van der Waals surface area contributed by atoms with E-state index in [0.29, 0.717) is 24.8 Å². The van der Waals surface area contributed by atoms with Crippen LogP contribution in [0.4, 0.5) is 0 Å². The normalized spacial score (nSPS) is 26.5. The van der Waals surface area contributed by atoms with Crippen LogP contribution >= 0.6 is 15.9 Å². The molecule has 0 radical (unpaired) electrons. The van der Waals surface area contributed by atoms with Gasteiger partial charge in [-0.15, -0.1) is 0 Å². The zero-order chi connectivity index (χ0) is 21.9. The number of fused-ring (bicyclic) bond motifs is 1. The second kappa shape index (κ2) is 10.3. The van der Waals surface area contributed by atoms with Crippen LogP contribution in [0.1, 0.15) is 26.7 Å². The van der Waals surface area contributed by atoms with Gasteiger partial charge in [-0.3, -0.25) is 0 Å². The van der Waals surface area contributed by atoms with Gasteiger partial charge in [0.1, 0.15) is 16.7 Å². The SMILES string of the molecule is C[C@@H]1CN([C@@H](C)CO)S(=O)(=O)c2ccc(Br)cc2O[C@@H]1CN(C)CC1CCOCC1. The Labute approximate surface area is 188 Å². The van der Waals surface area contributed by atoms with E-state index in [1.807, 2.05) is 6.92 Å². The number of benzene rings is 1. The van der Waals surface area contributed by atoms with Crippen molar-refractivity contribution >= 4 is 26.0 Å². The highest BCUT2D eigenvalue weighted by Gasteiger charge is 2.38. The summed E-state index contributed by atoms with van der Waals surface area (Å²) < 4.78 is 40.6. The molecule has 2 aliphatic heterocycles. The van der Waals surface area contributed by atoms with Crippen LogP contribution in [0.2, 0.25) is 0 Å². The highest BCUT2D eigenvalue weighted by molar-refractivity contribution is 9.10. The molecule has 170 valence electrons. The van der Waals surface area contributed by atoms with Crippen molar-refractivity contribution in [3.63, 3.8) is 0 Å². The van der Waals surface area contributed by atoms with Crippen LogP contribution in [0.3, 0.4) is 0 Å². The first-order valence-corrected chi connectivity index (χ1v) is 12.8. The smallest absolute Gasteiger partial charge is 0.247 e. The van der Waals surface area contributed by atoms with Crippen LogP contribution in [0, 0.1) is 11.8 Å². The van der Waals surface area contributed by atoms with E-state index in [1.54, 1.807) is 25.1 Å². The van der Waals surface area contributed by atoms with Crippen LogP contribution in [0.5, 0.6) is 5.75 Å². The molecule has 0 aromatic heterocycles. The Bertz CT molecular complexity index is 816. The van der Waals surface area contributed by atoms with E-state index < -0.39 is 16.1 Å². The van der Waals surface area contributed by atoms with E-state index in [9.17, 15) is 13.5 Å². The summed E-state index contributed by atoms with van der Waals surface area (Å²) in [6, 6.07) is 4.49. The number of ether oxygens (including phenoxy) is 2. The number of nitrogens with zero attached hydrogens (tertiary/aromatic N) is 2. The molecule has 3 atom stereocenters. The summed E-state index contributed by atoms with van der Waals surface area (Å²) in [7, 11) is -1.68. The van der Waals surface area contributed by atoms with Crippen molar-refractivity contribution in [2.24, 2.45) is 11.8 Å². The van der Waals surface area contributed by atoms with E-state index in [2.05, 4.69) is 27.9 Å². The van der Waals surface area contributed by atoms with E-state index in [-0.39, 0.29) is 23.5 Å². The lowest BCUT2D eigenvalue weighted by atomic mass is 9.98. The molecular formula is C21H33BrN2O5S. The fourth-order valence-corrected chi connectivity index (χ4v) is 6.33. The van der Waals surface area contributed by atoms with Gasteiger partial charge in [-0.1, -0.05) is 22.9 Å². The summed E-state index contributed by atoms with van der Waals surface area (Å²) >= 11 is 3.43. The molecule has 1 fully saturated rings. The second-order valence-corrected chi connectivity index (χ2v) is 11.4. The van der Waals surface area contributed by atoms with Crippen molar-refractivity contribution < 1.29 is 23.0 Å². The Morgan fingerprint density at radius 3 is 2.67 bits per heavy atom. The Kier molecular flexibility index (Phi) is 8.20. The fraction of sp³-hybridized carbons (Fsp3) is 0.714. The summed E-state index contributed by atoms with van der Waals surface area (Å²) in [5.74, 6) is 0.925. The minimum Gasteiger partial charge on any atom is -0.487 e. The summed E-state index contributed by atoms with van der Waals surface area (Å²) in [6.07, 6.45) is 1.97. The second-order valence-electron chi connectivity index (χ2n) is 8.61. The van der Waals surface area contributed by atoms with Crippen molar-refractivity contribution in [2.75, 3.05) is 46.5 Å². The summed E-state index contributed by atoms with van der Waals surface area (Å²) in [4.78, 5) is 2.43. The maximum Gasteiger partial charge on any atom is 0.247 e. The van der Waals surface area contributed by atoms with Gasteiger partial charge in [0, 0.05) is 49.3 Å². The van der Waals surface area contributed by atoms with Crippen molar-refractivity contribution in [1.29, 1.82) is 0 Å². The molecular weight excluding hydrogens is 472 g/mol. The molecule has 1 aromatic rings. The third-order valence-electron chi connectivity index (χ3n) is 6.03. The largest absolute Gasteiger partial charge is 0.487 e. The Hall–Kier alpha value is -0.710. The molecule has 0 saturated carbocycles. The van der Waals surface area contributed by atoms with Gasteiger partial charge in [0.2, 0.25) is 10.0 Å². The third kappa shape index (κ3) is 5.55. The van der Waals surface area contributed by atoms with Crippen LogP contribution in [-0.4, -0.2) is 81.4 Å². The molecule has 30 heavy (non-hydrogen) atoms. The Balaban J connectivity index is 1.86. The van der Waals surface area contributed by atoms with Gasteiger partial charge in [0.25, 0.3) is 0 Å². The minimum absolute atomic E-state index is 0.0435. The first-order chi connectivity index (χ1) is 14.2. The van der Waals surface area contributed by atoms with E-state index in [0.717, 1.165) is 37.1 Å². The summed E-state index contributed by atoms with van der Waals surface area (Å²) in [5, 5.41) is 9.69. The highest BCUT2D eigenvalue weighted by Crippen LogP contribution is 2.35. The lowest BCUT2D eigenvalue weighted by molar-refractivity contribution is 0.0402. The molecule has 1 saturated heterocycles. The van der Waals surface area contributed by atoms with Crippen molar-refractivity contribution in [1.82, 2.24) is 9.21 Å². The van der Waals surface area contributed by atoms with Gasteiger partial charge < -0.3 is 19.5 Å². The average Bonchev–Trinajstić information content (AvgIpc) is 2.70. The summed E-state index contributed by atoms with van der Waals surface area (Å²) in [5.41, 5.74) is 0. The van der Waals surface area contributed by atoms with Crippen LogP contribution in [0.15, 0.2) is 27.6 Å². The number of hydrogen-bond donors (Lipinski definition) is 1. The molecule has 7 nitrogen and oxygen atoms in total. The van der Waals surface area contributed by atoms with Gasteiger partial charge in [-0.25, -0.2) is 8.42 Å². The number of rotatable bonds is 6. The quantitative estimate of drug-likeness (QED) is 0.641. The van der Waals surface area contributed by atoms with Gasteiger partial charge in [0.05, 0.1) is 6.61 Å². The maximum atomic E-state index is 13.3. The molecule has 0 unspecified atom stereocenters. The molecule has 9 heteroatoms. The molecule has 2 heterocycles. The molecule has 2 aliphatic rings. The fourth-order valence-electron chi connectivity index (χ4n) is 4.17. The molecule has 1 aromatic carbocycles. The highest BCUT2D eigenvalue weighted by atomic mass is 79.9. The van der Waals surface area contributed by atoms with Gasteiger partial charge in [0.15, 0.2) is 0 Å². The van der Waals surface area contributed by atoms with Crippen LogP contribution in [0.25, 0.3) is 0 Å². The summed E-state index contributed by atoms with van der Waals surface area (Å²) in [6.45, 7) is 7.13. The average molecular weight is 505 g/mol. The first-order valence-electron chi connectivity index (χ1n) is 10.6. The van der Waals surface area contributed by atoms with Crippen molar-refractivity contribution in [3.05, 3.63) is 22.7 Å². The molecule has 0 bridgehead atoms. The molecule has 3 rings (SSSR count). The lowest BCUT2D eigenvalue weighted by Crippen LogP contribution is -2.50. The van der Waals surface area contributed by atoms with Crippen molar-refractivity contribution in [3.8, 4) is 5.75 Å². The number of aliphatic hydroxyl groups excluding tert-OH is 1. The van der Waals surface area contributed by atoms with E-state index in [1.165, 1.54) is 4.31 Å². The number of likely N-dealkylation sites (N-methyl/N-ethyl adjacent to an activating group) is 1. The van der Waals surface area contributed by atoms with Gasteiger partial charge in [-0.05, 0) is 50.9 Å².